The topological polar surface area (TPSA) is 164 Å². The molecule has 0 saturated carbocycles. The van der Waals surface area contributed by atoms with E-state index in [1.165, 1.54) is 11.8 Å². The number of rotatable bonds is 15. The van der Waals surface area contributed by atoms with E-state index in [0.717, 1.165) is 11.1 Å². The second kappa shape index (κ2) is 17.9. The average Bonchev–Trinajstić information content (AvgIpc) is 3.54. The zero-order chi connectivity index (χ0) is 40.6. The van der Waals surface area contributed by atoms with Gasteiger partial charge in [-0.25, -0.2) is 14.4 Å². The highest BCUT2D eigenvalue weighted by molar-refractivity contribution is 6.03. The van der Waals surface area contributed by atoms with Gasteiger partial charge in [0.2, 0.25) is 0 Å². The molecule has 0 radical (unpaired) electrons. The van der Waals surface area contributed by atoms with Crippen molar-refractivity contribution in [2.45, 2.75) is 109 Å². The number of aliphatic carboxylic acids is 1. The maximum absolute atomic E-state index is 14.9. The van der Waals surface area contributed by atoms with Crippen LogP contribution in [0.15, 0.2) is 84.9 Å². The van der Waals surface area contributed by atoms with Gasteiger partial charge in [0.25, 0.3) is 5.91 Å². The number of carboxylic acids is 1. The molecule has 3 aromatic rings. The van der Waals surface area contributed by atoms with Gasteiger partial charge in [-0.15, -0.1) is 0 Å². The first-order valence-corrected chi connectivity index (χ1v) is 18.2. The third-order valence-electron chi connectivity index (χ3n) is 8.52. The monoisotopic (exact) mass is 761 g/mol. The molecule has 13 heteroatoms. The van der Waals surface area contributed by atoms with Gasteiger partial charge in [0.15, 0.2) is 12.2 Å². The summed E-state index contributed by atoms with van der Waals surface area (Å²) < 4.78 is 33.3. The highest BCUT2D eigenvalue weighted by Gasteiger charge is 2.65. The minimum Gasteiger partial charge on any atom is -0.477 e. The van der Waals surface area contributed by atoms with Crippen molar-refractivity contribution < 1.29 is 57.5 Å². The summed E-state index contributed by atoms with van der Waals surface area (Å²) in [5, 5.41) is 10.2. The summed E-state index contributed by atoms with van der Waals surface area (Å²) in [4.78, 5) is 68.9. The molecule has 13 nitrogen and oxygen atoms in total. The van der Waals surface area contributed by atoms with Crippen LogP contribution >= 0.6 is 0 Å². The Balaban J connectivity index is 1.79. The van der Waals surface area contributed by atoms with E-state index in [2.05, 4.69) is 0 Å². The molecule has 1 N–H and O–H groups in total. The van der Waals surface area contributed by atoms with Gasteiger partial charge in [-0.3, -0.25) is 9.59 Å². The van der Waals surface area contributed by atoms with Crippen LogP contribution in [0.2, 0.25) is 0 Å². The highest BCUT2D eigenvalue weighted by atomic mass is 16.8. The zero-order valence-corrected chi connectivity index (χ0v) is 32.6. The molecule has 296 valence electrons. The Bertz CT molecular complexity index is 1780. The van der Waals surface area contributed by atoms with Crippen LogP contribution in [-0.2, 0) is 54.1 Å². The molecule has 5 atom stereocenters. The van der Waals surface area contributed by atoms with E-state index in [1.807, 2.05) is 72.8 Å². The summed E-state index contributed by atoms with van der Waals surface area (Å²) in [6.45, 7) is 12.0. The predicted molar refractivity (Wildman–Crippen MR) is 200 cm³/mol. The fourth-order valence-electron chi connectivity index (χ4n) is 6.11. The van der Waals surface area contributed by atoms with E-state index in [4.69, 9.17) is 28.4 Å². The molecule has 1 heterocycles. The van der Waals surface area contributed by atoms with E-state index >= 15 is 0 Å². The zero-order valence-electron chi connectivity index (χ0n) is 32.6. The van der Waals surface area contributed by atoms with E-state index in [9.17, 15) is 29.1 Å². The van der Waals surface area contributed by atoms with Crippen LogP contribution in [0.1, 0.15) is 78.9 Å². The summed E-state index contributed by atoms with van der Waals surface area (Å²) in [5.41, 5.74) is -0.198. The summed E-state index contributed by atoms with van der Waals surface area (Å²) in [7, 11) is 0. The second-order valence-corrected chi connectivity index (χ2v) is 15.2. The molecule has 1 amide bonds. The quantitative estimate of drug-likeness (QED) is 0.106. The van der Waals surface area contributed by atoms with Gasteiger partial charge in [0.1, 0.15) is 29.2 Å². The fraction of sp³-hybridized carbons (Fsp3) is 0.452. The first kappa shape index (κ1) is 42.5. The maximum atomic E-state index is 14.9. The van der Waals surface area contributed by atoms with E-state index in [0.29, 0.717) is 24.3 Å². The Hall–Kier alpha value is -5.27. The lowest BCUT2D eigenvalue weighted by Crippen LogP contribution is -2.54. The van der Waals surface area contributed by atoms with E-state index in [1.54, 1.807) is 60.6 Å². The van der Waals surface area contributed by atoms with Crippen LogP contribution in [0.4, 0.5) is 0 Å². The minimum absolute atomic E-state index is 0.254. The largest absolute Gasteiger partial charge is 0.477 e. The number of hydrogen-bond donors (Lipinski definition) is 1. The predicted octanol–water partition coefficient (Wildman–Crippen LogP) is 6.22. The van der Waals surface area contributed by atoms with Gasteiger partial charge in [-0.2, -0.15) is 0 Å². The molecule has 0 aliphatic carbocycles. The molecule has 1 aliphatic rings. The van der Waals surface area contributed by atoms with Gasteiger partial charge in [0.05, 0.1) is 6.61 Å². The minimum atomic E-state index is -3.18. The number of nitrogens with zero attached hydrogens (tertiary/aromatic N) is 1. The molecular weight excluding hydrogens is 710 g/mol. The fourth-order valence-corrected chi connectivity index (χ4v) is 6.11. The Morgan fingerprint density at radius 2 is 1.33 bits per heavy atom. The Morgan fingerprint density at radius 1 is 0.782 bits per heavy atom. The highest BCUT2D eigenvalue weighted by Crippen LogP contribution is 2.36. The molecule has 0 spiro atoms. The number of aryl methyl sites for hydroxylation is 1. The van der Waals surface area contributed by atoms with Crippen molar-refractivity contribution >= 4 is 29.8 Å². The van der Waals surface area contributed by atoms with Crippen LogP contribution in [0.25, 0.3) is 0 Å². The first-order chi connectivity index (χ1) is 25.8. The van der Waals surface area contributed by atoms with Crippen molar-refractivity contribution in [2.24, 2.45) is 0 Å². The Morgan fingerprint density at radius 3 is 1.87 bits per heavy atom. The van der Waals surface area contributed by atoms with Crippen LogP contribution < -0.4 is 4.74 Å². The lowest BCUT2D eigenvalue weighted by molar-refractivity contribution is -0.225. The molecular formula is C42H51NO12. The molecule has 4 rings (SSSR count). The molecule has 1 fully saturated rings. The van der Waals surface area contributed by atoms with E-state index in [-0.39, 0.29) is 6.61 Å². The second-order valence-electron chi connectivity index (χ2n) is 15.2. The van der Waals surface area contributed by atoms with Crippen LogP contribution in [0.3, 0.4) is 0 Å². The number of amides is 1. The number of carbonyl (C=O) groups excluding carboxylic acids is 4. The van der Waals surface area contributed by atoms with Crippen molar-refractivity contribution in [2.75, 3.05) is 13.2 Å². The van der Waals surface area contributed by atoms with Crippen LogP contribution in [-0.4, -0.2) is 88.2 Å². The summed E-state index contributed by atoms with van der Waals surface area (Å²) in [6, 6.07) is 25.5. The van der Waals surface area contributed by atoms with Crippen LogP contribution in [0.5, 0.6) is 11.5 Å². The first-order valence-electron chi connectivity index (χ1n) is 18.2. The standard InChI is InChI=1S/C42H51NO12/c1-9-50-39(49)42(38(47)48)53-34(35(54-42)37(46)55-41(6,7)8)36(45)43(26-33(44)52-40(3,4)5)27(2)32(25-20-28-16-12-10-13-17-28)29-21-23-31(24-22-29)51-30-18-14-11-15-19-30/h10-19,21-24,27,32,34-35H,9,20,25-26H2,1-8H3,(H,47,48)/t27-,32+,34+,35+,42-/m1/s1. The van der Waals surface area contributed by atoms with Crippen molar-refractivity contribution in [1.29, 1.82) is 0 Å². The molecule has 0 bridgehead atoms. The average molecular weight is 762 g/mol. The molecule has 3 aromatic carbocycles. The van der Waals surface area contributed by atoms with Gasteiger partial charge < -0.3 is 38.4 Å². The number of ether oxygens (including phenoxy) is 6. The van der Waals surface area contributed by atoms with Crippen molar-refractivity contribution in [3.8, 4) is 11.5 Å². The third kappa shape index (κ3) is 11.4. The molecule has 1 aliphatic heterocycles. The van der Waals surface area contributed by atoms with Gasteiger partial charge in [-0.05, 0) is 104 Å². The number of hydrogen-bond acceptors (Lipinski definition) is 11. The smallest absolute Gasteiger partial charge is 0.379 e. The van der Waals surface area contributed by atoms with Gasteiger partial charge >= 0.3 is 29.7 Å². The normalized spacial score (nSPS) is 19.4. The number of para-hydroxylation sites is 1. The summed E-state index contributed by atoms with van der Waals surface area (Å²) in [6.07, 6.45) is -3.00. The third-order valence-corrected chi connectivity index (χ3v) is 8.52. The summed E-state index contributed by atoms with van der Waals surface area (Å²) >= 11 is 0. The SMILES string of the molecule is CCOC(=O)[C@@]1(C(=O)O)O[C@H](C(=O)OC(C)(C)C)[C@@H](C(=O)N(CC(=O)OC(C)(C)C)[C@H](C)[C@H](CCc2ccccc2)c2ccc(Oc3ccccc3)cc2)O1. The molecule has 1 saturated heterocycles. The molecule has 0 unspecified atom stereocenters. The lowest BCUT2D eigenvalue weighted by atomic mass is 9.85. The number of carboxylic acid groups (broad SMARTS) is 1. The van der Waals surface area contributed by atoms with Crippen molar-refractivity contribution in [3.05, 3.63) is 96.1 Å². The summed E-state index contributed by atoms with van der Waals surface area (Å²) in [5.74, 6) is -8.76. The Kier molecular flexibility index (Phi) is 13.8. The number of esters is 3. The number of carbonyl (C=O) groups is 5. The van der Waals surface area contributed by atoms with Gasteiger partial charge in [-0.1, -0.05) is 60.7 Å². The molecule has 55 heavy (non-hydrogen) atoms. The van der Waals surface area contributed by atoms with Crippen LogP contribution in [0, 0.1) is 0 Å². The van der Waals surface area contributed by atoms with Gasteiger partial charge in [0, 0.05) is 12.0 Å². The maximum Gasteiger partial charge on any atom is 0.379 e. The van der Waals surface area contributed by atoms with Crippen molar-refractivity contribution in [3.63, 3.8) is 0 Å². The molecule has 0 aromatic heterocycles. The lowest BCUT2D eigenvalue weighted by Gasteiger charge is -2.37. The van der Waals surface area contributed by atoms with E-state index < -0.39 is 77.5 Å². The van der Waals surface area contributed by atoms with Crippen molar-refractivity contribution in [1.82, 2.24) is 4.90 Å². The number of benzene rings is 3. The Labute approximate surface area is 321 Å².